The lowest BCUT2D eigenvalue weighted by molar-refractivity contribution is 0.384. The van der Waals surface area contributed by atoms with Crippen LogP contribution in [-0.4, -0.2) is 10.1 Å². The predicted octanol–water partition coefficient (Wildman–Crippen LogP) is 2.30. The molecule has 2 rings (SSSR count). The molecule has 0 unspecified atom stereocenters. The third kappa shape index (κ3) is 2.56. The van der Waals surface area contributed by atoms with E-state index in [2.05, 4.69) is 15.5 Å². The summed E-state index contributed by atoms with van der Waals surface area (Å²) in [6, 6.07) is 5.86. The molecule has 0 aliphatic heterocycles. The lowest BCUT2D eigenvalue weighted by atomic mass is 10.3. The molecular formula is C11H13N3O. The van der Waals surface area contributed by atoms with Crippen molar-refractivity contribution in [2.45, 2.75) is 20.4 Å². The van der Waals surface area contributed by atoms with Crippen LogP contribution in [0.3, 0.4) is 0 Å². The highest BCUT2D eigenvalue weighted by Crippen LogP contribution is 2.08. The number of rotatable bonds is 3. The van der Waals surface area contributed by atoms with Crippen molar-refractivity contribution in [1.82, 2.24) is 10.1 Å². The van der Waals surface area contributed by atoms with Gasteiger partial charge < -0.3 is 9.84 Å². The molecule has 78 valence electrons. The summed E-state index contributed by atoms with van der Waals surface area (Å²) in [4.78, 5) is 4.19. The minimum absolute atomic E-state index is 0.608. The maximum absolute atomic E-state index is 5.08. The van der Waals surface area contributed by atoms with Gasteiger partial charge in [0.05, 0.1) is 12.2 Å². The Kier molecular flexibility index (Phi) is 2.67. The molecule has 0 aromatic carbocycles. The molecule has 0 radical (unpaired) electrons. The molecule has 4 heteroatoms. The molecule has 0 amide bonds. The third-order valence-corrected chi connectivity index (χ3v) is 2.04. The summed E-state index contributed by atoms with van der Waals surface area (Å²) in [5.41, 5.74) is 2.07. The zero-order chi connectivity index (χ0) is 10.7. The van der Waals surface area contributed by atoms with E-state index in [1.54, 1.807) is 6.20 Å². The van der Waals surface area contributed by atoms with Gasteiger partial charge in [0.15, 0.2) is 5.76 Å². The van der Waals surface area contributed by atoms with Crippen molar-refractivity contribution >= 4 is 5.82 Å². The highest BCUT2D eigenvalue weighted by molar-refractivity contribution is 5.37. The van der Waals surface area contributed by atoms with Gasteiger partial charge in [-0.3, -0.25) is 0 Å². The van der Waals surface area contributed by atoms with E-state index in [1.807, 2.05) is 32.0 Å². The summed E-state index contributed by atoms with van der Waals surface area (Å²) in [6.07, 6.45) is 1.78. The van der Waals surface area contributed by atoms with Crippen LogP contribution >= 0.6 is 0 Å². The average molecular weight is 203 g/mol. The highest BCUT2D eigenvalue weighted by Gasteiger charge is 2.00. The van der Waals surface area contributed by atoms with Crippen LogP contribution in [0.2, 0.25) is 0 Å². The molecule has 0 bridgehead atoms. The molecule has 0 spiro atoms. The molecule has 1 N–H and O–H groups in total. The largest absolute Gasteiger partial charge is 0.363 e. The van der Waals surface area contributed by atoms with E-state index in [1.165, 1.54) is 5.56 Å². The van der Waals surface area contributed by atoms with Gasteiger partial charge in [-0.25, -0.2) is 4.98 Å². The van der Waals surface area contributed by atoms with Gasteiger partial charge in [0.25, 0.3) is 0 Å². The SMILES string of the molecule is Cc1ccnc(NCc2cc(C)no2)c1. The van der Waals surface area contributed by atoms with Gasteiger partial charge in [-0.1, -0.05) is 5.16 Å². The average Bonchev–Trinajstić information content (AvgIpc) is 2.62. The van der Waals surface area contributed by atoms with Crippen LogP contribution in [-0.2, 0) is 6.54 Å². The van der Waals surface area contributed by atoms with Crippen LogP contribution in [0.5, 0.6) is 0 Å². The van der Waals surface area contributed by atoms with Crippen LogP contribution in [0.15, 0.2) is 28.9 Å². The van der Waals surface area contributed by atoms with E-state index in [-0.39, 0.29) is 0 Å². The first-order valence-corrected chi connectivity index (χ1v) is 4.83. The van der Waals surface area contributed by atoms with Crippen LogP contribution in [0.4, 0.5) is 5.82 Å². The molecule has 0 fully saturated rings. The highest BCUT2D eigenvalue weighted by atomic mass is 16.5. The summed E-state index contributed by atoms with van der Waals surface area (Å²) in [5, 5.41) is 6.98. The molecule has 2 aromatic rings. The minimum Gasteiger partial charge on any atom is -0.363 e. The van der Waals surface area contributed by atoms with E-state index in [0.717, 1.165) is 17.3 Å². The van der Waals surface area contributed by atoms with Crippen molar-refractivity contribution in [2.24, 2.45) is 0 Å². The Balaban J connectivity index is 1.99. The second kappa shape index (κ2) is 4.13. The van der Waals surface area contributed by atoms with Gasteiger partial charge in [0.2, 0.25) is 0 Å². The Hall–Kier alpha value is -1.84. The number of nitrogens with zero attached hydrogens (tertiary/aromatic N) is 2. The Morgan fingerprint density at radius 2 is 2.20 bits per heavy atom. The Morgan fingerprint density at radius 3 is 2.87 bits per heavy atom. The first-order valence-electron chi connectivity index (χ1n) is 4.83. The summed E-state index contributed by atoms with van der Waals surface area (Å²) < 4.78 is 5.08. The Morgan fingerprint density at radius 1 is 1.33 bits per heavy atom. The number of hydrogen-bond acceptors (Lipinski definition) is 4. The van der Waals surface area contributed by atoms with Crippen molar-refractivity contribution < 1.29 is 4.52 Å². The van der Waals surface area contributed by atoms with E-state index in [4.69, 9.17) is 4.52 Å². The van der Waals surface area contributed by atoms with Crippen molar-refractivity contribution in [1.29, 1.82) is 0 Å². The fraction of sp³-hybridized carbons (Fsp3) is 0.273. The molecule has 4 nitrogen and oxygen atoms in total. The van der Waals surface area contributed by atoms with Crippen LogP contribution in [0.1, 0.15) is 17.0 Å². The summed E-state index contributed by atoms with van der Waals surface area (Å²) in [5.74, 6) is 1.67. The number of aromatic nitrogens is 2. The van der Waals surface area contributed by atoms with E-state index in [9.17, 15) is 0 Å². The second-order valence-corrected chi connectivity index (χ2v) is 3.51. The number of aryl methyl sites for hydroxylation is 2. The molecule has 0 saturated heterocycles. The van der Waals surface area contributed by atoms with Gasteiger partial charge in [-0.2, -0.15) is 0 Å². The summed E-state index contributed by atoms with van der Waals surface area (Å²) in [6.45, 7) is 4.54. The first-order chi connectivity index (χ1) is 7.24. The van der Waals surface area contributed by atoms with Gasteiger partial charge in [-0.15, -0.1) is 0 Å². The van der Waals surface area contributed by atoms with Crippen molar-refractivity contribution in [3.05, 3.63) is 41.4 Å². The third-order valence-electron chi connectivity index (χ3n) is 2.04. The van der Waals surface area contributed by atoms with Gasteiger partial charge in [0, 0.05) is 12.3 Å². The first kappa shape index (κ1) is 9.71. The lowest BCUT2D eigenvalue weighted by Gasteiger charge is -2.02. The maximum Gasteiger partial charge on any atom is 0.156 e. The molecule has 0 saturated carbocycles. The van der Waals surface area contributed by atoms with Crippen molar-refractivity contribution in [2.75, 3.05) is 5.32 Å². The summed E-state index contributed by atoms with van der Waals surface area (Å²) in [7, 11) is 0. The molecular weight excluding hydrogens is 190 g/mol. The standard InChI is InChI=1S/C11H13N3O/c1-8-3-4-12-11(5-8)13-7-10-6-9(2)14-15-10/h3-6H,7H2,1-2H3,(H,12,13). The quantitative estimate of drug-likeness (QED) is 0.831. The van der Waals surface area contributed by atoms with E-state index < -0.39 is 0 Å². The number of pyridine rings is 1. The zero-order valence-electron chi connectivity index (χ0n) is 8.82. The monoisotopic (exact) mass is 203 g/mol. The molecule has 0 aliphatic carbocycles. The molecule has 2 heterocycles. The topological polar surface area (TPSA) is 51.0 Å². The fourth-order valence-electron chi connectivity index (χ4n) is 1.31. The van der Waals surface area contributed by atoms with E-state index >= 15 is 0 Å². The number of hydrogen-bond donors (Lipinski definition) is 1. The zero-order valence-corrected chi connectivity index (χ0v) is 8.82. The normalized spacial score (nSPS) is 10.3. The van der Waals surface area contributed by atoms with E-state index in [0.29, 0.717) is 6.54 Å². The van der Waals surface area contributed by atoms with Crippen LogP contribution in [0, 0.1) is 13.8 Å². The minimum atomic E-state index is 0.608. The molecule has 0 aliphatic rings. The molecule has 15 heavy (non-hydrogen) atoms. The van der Waals surface area contributed by atoms with Gasteiger partial charge in [0.1, 0.15) is 5.82 Å². The lowest BCUT2D eigenvalue weighted by Crippen LogP contribution is -2.00. The summed E-state index contributed by atoms with van der Waals surface area (Å²) >= 11 is 0. The molecule has 2 aromatic heterocycles. The Bertz CT molecular complexity index is 451. The predicted molar refractivity (Wildman–Crippen MR) is 57.5 cm³/mol. The second-order valence-electron chi connectivity index (χ2n) is 3.51. The van der Waals surface area contributed by atoms with Gasteiger partial charge >= 0.3 is 0 Å². The fourth-order valence-corrected chi connectivity index (χ4v) is 1.31. The smallest absolute Gasteiger partial charge is 0.156 e. The Labute approximate surface area is 88.3 Å². The number of anilines is 1. The van der Waals surface area contributed by atoms with Crippen molar-refractivity contribution in [3.63, 3.8) is 0 Å². The van der Waals surface area contributed by atoms with Crippen LogP contribution in [0.25, 0.3) is 0 Å². The maximum atomic E-state index is 5.08. The van der Waals surface area contributed by atoms with Crippen LogP contribution < -0.4 is 5.32 Å². The number of nitrogens with one attached hydrogen (secondary N) is 1. The van der Waals surface area contributed by atoms with Gasteiger partial charge in [-0.05, 0) is 31.5 Å². The van der Waals surface area contributed by atoms with Crippen molar-refractivity contribution in [3.8, 4) is 0 Å². The molecule has 0 atom stereocenters.